The van der Waals surface area contributed by atoms with Crippen molar-refractivity contribution < 1.29 is 19.1 Å². The van der Waals surface area contributed by atoms with Crippen LogP contribution in [-0.4, -0.2) is 29.9 Å². The number of anilines is 1. The van der Waals surface area contributed by atoms with Gasteiger partial charge in [0.1, 0.15) is 5.00 Å². The number of esters is 1. The number of rotatable bonds is 5. The Balaban J connectivity index is 1.70. The number of hydrogen-bond donors (Lipinski definition) is 2. The normalized spacial score (nSPS) is 22.7. The van der Waals surface area contributed by atoms with E-state index in [0.29, 0.717) is 16.5 Å². The molecule has 0 spiro atoms. The molecule has 0 radical (unpaired) electrons. The van der Waals surface area contributed by atoms with Crippen molar-refractivity contribution in [1.82, 2.24) is 5.32 Å². The maximum Gasteiger partial charge on any atom is 0.342 e. The van der Waals surface area contributed by atoms with E-state index >= 15 is 0 Å². The zero-order valence-electron chi connectivity index (χ0n) is 16.9. The van der Waals surface area contributed by atoms with E-state index < -0.39 is 12.1 Å². The van der Waals surface area contributed by atoms with Gasteiger partial charge in [0.25, 0.3) is 5.91 Å². The SMILES string of the molecule is CC(=O)Nc1sc2c(c1C(=O)O[C@H](C)C(=O)N[C@H]1CCCC[C@@H]1C)CCCC2. The van der Waals surface area contributed by atoms with E-state index in [4.69, 9.17) is 4.74 Å². The first-order valence-electron chi connectivity index (χ1n) is 10.3. The van der Waals surface area contributed by atoms with Crippen molar-refractivity contribution in [3.05, 3.63) is 16.0 Å². The molecule has 6 nitrogen and oxygen atoms in total. The van der Waals surface area contributed by atoms with Gasteiger partial charge in [-0.15, -0.1) is 11.3 Å². The standard InChI is InChI=1S/C21H30N2O4S/c1-12-8-4-6-10-16(12)23-19(25)13(2)27-21(26)18-15-9-5-7-11-17(15)28-20(18)22-14(3)24/h12-13,16H,4-11H2,1-3H3,(H,22,24)(H,23,25)/t12-,13+,16-/m0/s1. The monoisotopic (exact) mass is 406 g/mol. The molecule has 1 aromatic heterocycles. The minimum atomic E-state index is -0.869. The van der Waals surface area contributed by atoms with Gasteiger partial charge < -0.3 is 15.4 Å². The average Bonchev–Trinajstić information content (AvgIpc) is 3.00. The van der Waals surface area contributed by atoms with Gasteiger partial charge in [0, 0.05) is 17.8 Å². The summed E-state index contributed by atoms with van der Waals surface area (Å²) in [4.78, 5) is 38.2. The van der Waals surface area contributed by atoms with Gasteiger partial charge in [0.15, 0.2) is 6.10 Å². The Morgan fingerprint density at radius 2 is 1.82 bits per heavy atom. The third-order valence-electron chi connectivity index (χ3n) is 5.76. The fourth-order valence-electron chi connectivity index (χ4n) is 4.13. The highest BCUT2D eigenvalue weighted by Gasteiger charge is 2.30. The predicted octanol–water partition coefficient (Wildman–Crippen LogP) is 3.83. The van der Waals surface area contributed by atoms with Crippen molar-refractivity contribution in [2.24, 2.45) is 5.92 Å². The van der Waals surface area contributed by atoms with Crippen LogP contribution in [0.1, 0.15) is 80.1 Å². The molecule has 0 aromatic carbocycles. The Kier molecular flexibility index (Phi) is 6.75. The highest BCUT2D eigenvalue weighted by Crippen LogP contribution is 2.38. The van der Waals surface area contributed by atoms with Gasteiger partial charge >= 0.3 is 5.97 Å². The van der Waals surface area contributed by atoms with E-state index in [-0.39, 0.29) is 17.9 Å². The number of nitrogens with one attached hydrogen (secondary N) is 2. The van der Waals surface area contributed by atoms with Crippen LogP contribution in [0, 0.1) is 5.92 Å². The first-order valence-corrected chi connectivity index (χ1v) is 11.1. The van der Waals surface area contributed by atoms with Crippen LogP contribution in [0.25, 0.3) is 0 Å². The summed E-state index contributed by atoms with van der Waals surface area (Å²) >= 11 is 1.45. The molecule has 2 aliphatic carbocycles. The van der Waals surface area contributed by atoms with Crippen molar-refractivity contribution in [1.29, 1.82) is 0 Å². The molecule has 1 aromatic rings. The molecule has 1 fully saturated rings. The highest BCUT2D eigenvalue weighted by atomic mass is 32.1. The van der Waals surface area contributed by atoms with E-state index in [1.54, 1.807) is 6.92 Å². The van der Waals surface area contributed by atoms with E-state index in [1.165, 1.54) is 24.7 Å². The molecule has 2 amide bonds. The lowest BCUT2D eigenvalue weighted by Gasteiger charge is -2.30. The number of aryl methyl sites for hydroxylation is 1. The predicted molar refractivity (Wildman–Crippen MR) is 110 cm³/mol. The Morgan fingerprint density at radius 1 is 1.11 bits per heavy atom. The summed E-state index contributed by atoms with van der Waals surface area (Å²) in [6.45, 7) is 5.19. The van der Waals surface area contributed by atoms with Gasteiger partial charge in [0.2, 0.25) is 5.91 Å². The molecule has 28 heavy (non-hydrogen) atoms. The summed E-state index contributed by atoms with van der Waals surface area (Å²) in [6, 6.07) is 0.145. The van der Waals surface area contributed by atoms with Crippen LogP contribution in [-0.2, 0) is 27.2 Å². The zero-order chi connectivity index (χ0) is 20.3. The van der Waals surface area contributed by atoms with Crippen LogP contribution in [0.3, 0.4) is 0 Å². The summed E-state index contributed by atoms with van der Waals surface area (Å²) < 4.78 is 5.53. The number of fused-ring (bicyclic) bond motifs is 1. The second kappa shape index (κ2) is 9.07. The zero-order valence-corrected chi connectivity index (χ0v) is 17.7. The molecule has 0 saturated heterocycles. The minimum absolute atomic E-state index is 0.145. The lowest BCUT2D eigenvalue weighted by Crippen LogP contribution is -2.46. The van der Waals surface area contributed by atoms with Crippen molar-refractivity contribution in [2.45, 2.75) is 84.3 Å². The van der Waals surface area contributed by atoms with Gasteiger partial charge in [-0.1, -0.05) is 19.8 Å². The topological polar surface area (TPSA) is 84.5 Å². The molecule has 0 aliphatic heterocycles. The summed E-state index contributed by atoms with van der Waals surface area (Å²) in [5.41, 5.74) is 1.40. The third kappa shape index (κ3) is 4.74. The third-order valence-corrected chi connectivity index (χ3v) is 6.96. The van der Waals surface area contributed by atoms with E-state index in [0.717, 1.165) is 55.4 Å². The largest absolute Gasteiger partial charge is 0.449 e. The van der Waals surface area contributed by atoms with Gasteiger partial charge in [-0.25, -0.2) is 4.79 Å². The summed E-state index contributed by atoms with van der Waals surface area (Å²) in [6.07, 6.45) is 7.34. The second-order valence-electron chi connectivity index (χ2n) is 8.02. The van der Waals surface area contributed by atoms with E-state index in [9.17, 15) is 14.4 Å². The molecule has 7 heteroatoms. The lowest BCUT2D eigenvalue weighted by molar-refractivity contribution is -0.130. The van der Waals surface area contributed by atoms with Gasteiger partial charge in [-0.05, 0) is 56.9 Å². The second-order valence-corrected chi connectivity index (χ2v) is 9.13. The first-order chi connectivity index (χ1) is 13.4. The van der Waals surface area contributed by atoms with Crippen LogP contribution in [0.4, 0.5) is 5.00 Å². The Labute approximate surface area is 170 Å². The fourth-order valence-corrected chi connectivity index (χ4v) is 5.46. The maximum atomic E-state index is 12.9. The van der Waals surface area contributed by atoms with Crippen LogP contribution in [0.15, 0.2) is 0 Å². The summed E-state index contributed by atoms with van der Waals surface area (Å²) in [5.74, 6) is -0.555. The molecule has 3 rings (SSSR count). The smallest absolute Gasteiger partial charge is 0.342 e. The van der Waals surface area contributed by atoms with Crippen LogP contribution in [0.5, 0.6) is 0 Å². The van der Waals surface area contributed by atoms with E-state index in [1.807, 2.05) is 0 Å². The maximum absolute atomic E-state index is 12.9. The van der Waals surface area contributed by atoms with Gasteiger partial charge in [-0.3, -0.25) is 9.59 Å². The highest BCUT2D eigenvalue weighted by molar-refractivity contribution is 7.17. The molecule has 1 heterocycles. The molecule has 0 unspecified atom stereocenters. The lowest BCUT2D eigenvalue weighted by atomic mass is 9.86. The minimum Gasteiger partial charge on any atom is -0.449 e. The van der Waals surface area contributed by atoms with E-state index in [2.05, 4.69) is 17.6 Å². The molecule has 2 aliphatic rings. The number of thiophene rings is 1. The molecular weight excluding hydrogens is 376 g/mol. The Bertz CT molecular complexity index is 758. The Hall–Kier alpha value is -1.89. The summed E-state index contributed by atoms with van der Waals surface area (Å²) in [7, 11) is 0. The molecular formula is C21H30N2O4S. The fraction of sp³-hybridized carbons (Fsp3) is 0.667. The van der Waals surface area contributed by atoms with Crippen LogP contribution in [0.2, 0.25) is 0 Å². The van der Waals surface area contributed by atoms with Crippen molar-refractivity contribution >= 4 is 34.1 Å². The number of carbonyl (C=O) groups excluding carboxylic acids is 3. The molecule has 0 bridgehead atoms. The van der Waals surface area contributed by atoms with Crippen LogP contribution >= 0.6 is 11.3 Å². The van der Waals surface area contributed by atoms with Crippen molar-refractivity contribution in [3.63, 3.8) is 0 Å². The molecule has 154 valence electrons. The first kappa shape index (κ1) is 20.8. The molecule has 2 N–H and O–H groups in total. The number of amides is 2. The molecule has 3 atom stereocenters. The van der Waals surface area contributed by atoms with Crippen molar-refractivity contribution in [3.8, 4) is 0 Å². The number of ether oxygens (including phenoxy) is 1. The van der Waals surface area contributed by atoms with Gasteiger partial charge in [0.05, 0.1) is 5.56 Å². The van der Waals surface area contributed by atoms with Crippen molar-refractivity contribution in [2.75, 3.05) is 5.32 Å². The number of hydrogen-bond acceptors (Lipinski definition) is 5. The molecule has 1 saturated carbocycles. The quantitative estimate of drug-likeness (QED) is 0.728. The van der Waals surface area contributed by atoms with Crippen LogP contribution < -0.4 is 10.6 Å². The van der Waals surface area contributed by atoms with Gasteiger partial charge in [-0.2, -0.15) is 0 Å². The average molecular weight is 407 g/mol. The number of carbonyl (C=O) groups is 3. The summed E-state index contributed by atoms with van der Waals surface area (Å²) in [5, 5.41) is 6.35. The Morgan fingerprint density at radius 3 is 2.54 bits per heavy atom.